The Morgan fingerprint density at radius 2 is 1.27 bits per heavy atom. The summed E-state index contributed by atoms with van der Waals surface area (Å²) in [4.78, 5) is 22.3. The Balaban J connectivity index is -0.000000700. The van der Waals surface area contributed by atoms with E-state index < -0.39 is 33.5 Å². The van der Waals surface area contributed by atoms with Crippen LogP contribution in [-0.2, 0) is 29.1 Å². The number of rotatable bonds is 28. The van der Waals surface area contributed by atoms with Crippen molar-refractivity contribution < 1.29 is 41.3 Å². The Morgan fingerprint density at radius 1 is 0.788 bits per heavy atom. The van der Waals surface area contributed by atoms with Crippen molar-refractivity contribution in [3.63, 3.8) is 0 Å². The molecule has 0 bridgehead atoms. The summed E-state index contributed by atoms with van der Waals surface area (Å²) >= 11 is 0. The molecule has 0 aromatic rings. The SMILES string of the molecule is C=C(C)C(=O)OCCNC(=O)OCCOCC(C)CC.C=C(NC(C)(C)CS(=O)(=O)[O-])C(C)CC.CCCC[N+](CCCC)(CCCC)CCCC. The largest absolute Gasteiger partial charge is 0.748 e. The molecule has 310 valence electrons. The highest BCUT2D eigenvalue weighted by atomic mass is 32.2. The van der Waals surface area contributed by atoms with E-state index in [0.717, 1.165) is 18.5 Å². The molecule has 2 unspecified atom stereocenters. The summed E-state index contributed by atoms with van der Waals surface area (Å²) in [6.07, 6.45) is 12.5. The third-order valence-corrected chi connectivity index (χ3v) is 9.78. The Labute approximate surface area is 320 Å². The fraction of sp³-hybridized carbons (Fsp3) is 0.850. The molecule has 0 radical (unpaired) electrons. The van der Waals surface area contributed by atoms with E-state index >= 15 is 0 Å². The molecule has 0 aliphatic rings. The topological polar surface area (TPSA) is 143 Å². The number of hydrogen-bond donors (Lipinski definition) is 2. The van der Waals surface area contributed by atoms with Crippen molar-refractivity contribution >= 4 is 22.2 Å². The van der Waals surface area contributed by atoms with Gasteiger partial charge in [0.05, 0.1) is 55.2 Å². The molecule has 0 aliphatic heterocycles. The van der Waals surface area contributed by atoms with Crippen LogP contribution < -0.4 is 10.6 Å². The van der Waals surface area contributed by atoms with E-state index in [9.17, 15) is 22.6 Å². The second-order valence-corrected chi connectivity index (χ2v) is 16.2. The summed E-state index contributed by atoms with van der Waals surface area (Å²) in [5.74, 6) is -0.140. The second-order valence-electron chi connectivity index (χ2n) is 14.8. The van der Waals surface area contributed by atoms with Gasteiger partial charge in [0, 0.05) is 23.4 Å². The minimum atomic E-state index is -4.21. The lowest BCUT2D eigenvalue weighted by Gasteiger charge is -2.39. The van der Waals surface area contributed by atoms with Crippen molar-refractivity contribution in [1.29, 1.82) is 0 Å². The van der Waals surface area contributed by atoms with Crippen LogP contribution in [0.2, 0.25) is 0 Å². The molecule has 0 aliphatic carbocycles. The lowest BCUT2D eigenvalue weighted by molar-refractivity contribution is -0.929. The molecule has 2 atom stereocenters. The maximum Gasteiger partial charge on any atom is 0.407 e. The van der Waals surface area contributed by atoms with Crippen molar-refractivity contribution in [2.24, 2.45) is 11.8 Å². The fourth-order valence-electron chi connectivity index (χ4n) is 4.99. The summed E-state index contributed by atoms with van der Waals surface area (Å²) < 4.78 is 48.4. The van der Waals surface area contributed by atoms with Gasteiger partial charge in [-0.05, 0) is 64.7 Å². The van der Waals surface area contributed by atoms with Crippen molar-refractivity contribution in [3.8, 4) is 0 Å². The predicted molar refractivity (Wildman–Crippen MR) is 215 cm³/mol. The van der Waals surface area contributed by atoms with E-state index in [2.05, 4.69) is 65.3 Å². The van der Waals surface area contributed by atoms with Crippen LogP contribution in [0.25, 0.3) is 0 Å². The van der Waals surface area contributed by atoms with Gasteiger partial charge in [-0.15, -0.1) is 0 Å². The van der Waals surface area contributed by atoms with E-state index in [4.69, 9.17) is 14.2 Å². The monoisotopic (exact) mass is 764 g/mol. The molecular weight excluding hydrogens is 683 g/mol. The highest BCUT2D eigenvalue weighted by molar-refractivity contribution is 7.85. The first-order chi connectivity index (χ1) is 24.3. The molecule has 2 N–H and O–H groups in total. The molecule has 0 heterocycles. The minimum Gasteiger partial charge on any atom is -0.748 e. The van der Waals surface area contributed by atoms with Crippen LogP contribution in [0.15, 0.2) is 24.4 Å². The Bertz CT molecular complexity index is 1010. The number of esters is 1. The van der Waals surface area contributed by atoms with E-state index in [1.807, 2.05) is 13.8 Å². The van der Waals surface area contributed by atoms with Gasteiger partial charge in [-0.2, -0.15) is 0 Å². The molecule has 0 aromatic heterocycles. The number of carbonyl (C=O) groups excluding carboxylic acids is 2. The zero-order valence-corrected chi connectivity index (χ0v) is 36.1. The van der Waals surface area contributed by atoms with Crippen molar-refractivity contribution in [1.82, 2.24) is 10.6 Å². The summed E-state index contributed by atoms with van der Waals surface area (Å²) in [6.45, 7) is 37.0. The lowest BCUT2D eigenvalue weighted by Crippen LogP contribution is -2.50. The molecule has 0 saturated heterocycles. The van der Waals surface area contributed by atoms with Gasteiger partial charge in [-0.3, -0.25) is 0 Å². The van der Waals surface area contributed by atoms with Gasteiger partial charge in [0.2, 0.25) is 0 Å². The first-order valence-corrected chi connectivity index (χ1v) is 21.4. The van der Waals surface area contributed by atoms with E-state index in [1.165, 1.54) is 82.0 Å². The van der Waals surface area contributed by atoms with Crippen LogP contribution in [0.3, 0.4) is 0 Å². The molecule has 0 fully saturated rings. The van der Waals surface area contributed by atoms with Crippen LogP contribution in [-0.4, -0.2) is 100.0 Å². The smallest absolute Gasteiger partial charge is 0.407 e. The number of carbonyl (C=O) groups is 2. The number of nitrogens with zero attached hydrogens (tertiary/aromatic N) is 1. The van der Waals surface area contributed by atoms with Crippen LogP contribution in [0.1, 0.15) is 140 Å². The van der Waals surface area contributed by atoms with Gasteiger partial charge in [0.25, 0.3) is 0 Å². The summed E-state index contributed by atoms with van der Waals surface area (Å²) in [6, 6.07) is 0. The quantitative estimate of drug-likeness (QED) is 0.0264. The van der Waals surface area contributed by atoms with Gasteiger partial charge in [-0.25, -0.2) is 18.0 Å². The molecule has 11 nitrogen and oxygen atoms in total. The van der Waals surface area contributed by atoms with Crippen molar-refractivity contribution in [2.45, 2.75) is 146 Å². The van der Waals surface area contributed by atoms with Crippen LogP contribution in [0.4, 0.5) is 4.79 Å². The maximum absolute atomic E-state index is 11.2. The molecular formula is C40H81N3O8S. The third kappa shape index (κ3) is 33.7. The number of hydrogen-bond acceptors (Lipinski definition) is 9. The van der Waals surface area contributed by atoms with Gasteiger partial charge in [-0.1, -0.05) is 101 Å². The molecule has 0 rings (SSSR count). The summed E-state index contributed by atoms with van der Waals surface area (Å²) in [5.41, 5.74) is 0.332. The summed E-state index contributed by atoms with van der Waals surface area (Å²) in [7, 11) is -4.21. The van der Waals surface area contributed by atoms with Gasteiger partial charge < -0.3 is 33.9 Å². The Morgan fingerprint density at radius 3 is 1.65 bits per heavy atom. The first-order valence-electron chi connectivity index (χ1n) is 19.8. The summed E-state index contributed by atoms with van der Waals surface area (Å²) in [5, 5.41) is 5.45. The third-order valence-electron chi connectivity index (χ3n) is 8.70. The normalized spacial score (nSPS) is 12.6. The Kier molecular flexibility index (Phi) is 33.7. The van der Waals surface area contributed by atoms with Crippen molar-refractivity contribution in [2.75, 3.05) is 64.9 Å². The lowest BCUT2D eigenvalue weighted by atomic mass is 10.0. The molecule has 1 amide bonds. The zero-order chi connectivity index (χ0) is 40.6. The molecule has 52 heavy (non-hydrogen) atoms. The van der Waals surface area contributed by atoms with E-state index in [0.29, 0.717) is 24.7 Å². The average Bonchev–Trinajstić information content (AvgIpc) is 3.07. The van der Waals surface area contributed by atoms with E-state index in [-0.39, 0.29) is 25.7 Å². The number of allylic oxidation sites excluding steroid dienone is 1. The highest BCUT2D eigenvalue weighted by Crippen LogP contribution is 2.17. The zero-order valence-electron chi connectivity index (χ0n) is 35.3. The molecule has 0 aromatic carbocycles. The van der Waals surface area contributed by atoms with Crippen LogP contribution >= 0.6 is 0 Å². The number of alkyl carbamates (subject to hydrolysis) is 1. The molecule has 0 spiro atoms. The van der Waals surface area contributed by atoms with E-state index in [1.54, 1.807) is 20.8 Å². The van der Waals surface area contributed by atoms with Gasteiger partial charge in [0.15, 0.2) is 0 Å². The predicted octanol–water partition coefficient (Wildman–Crippen LogP) is 8.36. The average molecular weight is 764 g/mol. The second kappa shape index (κ2) is 32.3. The van der Waals surface area contributed by atoms with Gasteiger partial charge >= 0.3 is 12.1 Å². The van der Waals surface area contributed by atoms with Crippen LogP contribution in [0.5, 0.6) is 0 Å². The number of ether oxygens (including phenoxy) is 3. The van der Waals surface area contributed by atoms with Crippen molar-refractivity contribution in [3.05, 3.63) is 24.4 Å². The fourth-order valence-corrected chi connectivity index (χ4v) is 5.95. The number of amides is 1. The minimum absolute atomic E-state index is 0.0886. The number of unbranched alkanes of at least 4 members (excludes halogenated alkanes) is 4. The number of quaternary nitrogens is 1. The highest BCUT2D eigenvalue weighted by Gasteiger charge is 2.25. The molecule has 12 heteroatoms. The maximum atomic E-state index is 11.2. The van der Waals surface area contributed by atoms with Crippen LogP contribution in [0, 0.1) is 11.8 Å². The number of nitrogens with one attached hydrogen (secondary N) is 2. The Hall–Kier alpha value is -2.15. The standard InChI is InChI=1S/C16H36N.C14H25NO5.C10H21NO3S/c1-5-9-13-17(14-10-6-2,15-11-7-3)16-12-8-4;1-5-12(4)10-18-8-9-20-14(17)15-6-7-19-13(16)11(2)3;1-6-8(2)9(3)11-10(4,5)7-15(12,13)14/h5-16H2,1-4H3;12H,2,5-10H2,1,3-4H3,(H,15,17);8,11H,3,6-7H2,1-2,4-5H3,(H,12,13,14)/q+1;;/p-1. The molecule has 0 saturated carbocycles. The first kappa shape index (κ1) is 54.2. The van der Waals surface area contributed by atoms with Gasteiger partial charge in [0.1, 0.15) is 13.2 Å².